The molecule has 0 unspecified atom stereocenters. The molecule has 2 aromatic carbocycles. The van der Waals surface area contributed by atoms with E-state index in [2.05, 4.69) is 10.6 Å². The minimum Gasteiger partial charge on any atom is -0.378 e. The summed E-state index contributed by atoms with van der Waals surface area (Å²) in [5.74, 6) is -0.367. The topological polar surface area (TPSA) is 61.4 Å². The SMILES string of the molecule is CN(C)c1ccc(NC(=O)c2c(NC(=O)c3ccccc3)sc3c2CCCC3)cc1. The smallest absolute Gasteiger partial charge is 0.258 e. The number of hydrogen-bond donors (Lipinski definition) is 2. The van der Waals surface area contributed by atoms with Crippen LogP contribution in [0.1, 0.15) is 44.0 Å². The number of carbonyl (C=O) groups excluding carboxylic acids is 2. The number of nitrogens with zero attached hydrogens (tertiary/aromatic N) is 1. The zero-order chi connectivity index (χ0) is 21.1. The summed E-state index contributed by atoms with van der Waals surface area (Å²) in [6.45, 7) is 0. The van der Waals surface area contributed by atoms with E-state index >= 15 is 0 Å². The van der Waals surface area contributed by atoms with Gasteiger partial charge in [-0.2, -0.15) is 0 Å². The first kappa shape index (κ1) is 20.2. The van der Waals surface area contributed by atoms with Gasteiger partial charge in [0.05, 0.1) is 5.56 Å². The average Bonchev–Trinajstić information content (AvgIpc) is 3.12. The molecule has 1 heterocycles. The molecule has 0 spiro atoms. The van der Waals surface area contributed by atoms with Crippen molar-refractivity contribution in [1.29, 1.82) is 0 Å². The van der Waals surface area contributed by atoms with Crippen LogP contribution in [0.15, 0.2) is 54.6 Å². The zero-order valence-corrected chi connectivity index (χ0v) is 18.0. The van der Waals surface area contributed by atoms with E-state index in [1.54, 1.807) is 12.1 Å². The molecule has 1 aliphatic carbocycles. The van der Waals surface area contributed by atoms with Crippen LogP contribution in [-0.4, -0.2) is 25.9 Å². The highest BCUT2D eigenvalue weighted by Gasteiger charge is 2.26. The Bertz CT molecular complexity index is 1060. The molecule has 0 fully saturated rings. The Morgan fingerprint density at radius 1 is 0.867 bits per heavy atom. The molecule has 0 saturated heterocycles. The predicted octanol–water partition coefficient (Wildman–Crippen LogP) is 5.20. The first-order valence-corrected chi connectivity index (χ1v) is 10.9. The largest absolute Gasteiger partial charge is 0.378 e. The van der Waals surface area contributed by atoms with Gasteiger partial charge in [0.25, 0.3) is 11.8 Å². The summed E-state index contributed by atoms with van der Waals surface area (Å²) in [4.78, 5) is 29.2. The van der Waals surface area contributed by atoms with Gasteiger partial charge in [0.2, 0.25) is 0 Å². The lowest BCUT2D eigenvalue weighted by molar-refractivity contribution is 0.102. The van der Waals surface area contributed by atoms with Gasteiger partial charge < -0.3 is 15.5 Å². The molecule has 2 amide bonds. The second-order valence-electron chi connectivity index (χ2n) is 7.63. The maximum absolute atomic E-state index is 13.2. The third kappa shape index (κ3) is 4.24. The van der Waals surface area contributed by atoms with Crippen molar-refractivity contribution in [2.75, 3.05) is 29.6 Å². The zero-order valence-electron chi connectivity index (χ0n) is 17.2. The molecule has 5 nitrogen and oxygen atoms in total. The van der Waals surface area contributed by atoms with Crippen molar-refractivity contribution in [3.8, 4) is 0 Å². The van der Waals surface area contributed by atoms with Crippen LogP contribution in [-0.2, 0) is 12.8 Å². The highest BCUT2D eigenvalue weighted by atomic mass is 32.1. The van der Waals surface area contributed by atoms with Gasteiger partial charge in [0, 0.05) is 35.9 Å². The van der Waals surface area contributed by atoms with Crippen molar-refractivity contribution in [3.05, 3.63) is 76.2 Å². The van der Waals surface area contributed by atoms with E-state index in [4.69, 9.17) is 0 Å². The standard InChI is InChI=1S/C24H25N3O2S/c1-27(2)18-14-12-17(13-15-18)25-23(29)21-19-10-6-7-11-20(19)30-24(21)26-22(28)16-8-4-3-5-9-16/h3-5,8-9,12-15H,6-7,10-11H2,1-2H3,(H,25,29)(H,26,28). The van der Waals surface area contributed by atoms with Crippen LogP contribution in [0.5, 0.6) is 0 Å². The maximum Gasteiger partial charge on any atom is 0.258 e. The number of fused-ring (bicyclic) bond motifs is 1. The summed E-state index contributed by atoms with van der Waals surface area (Å²) in [5, 5.41) is 6.64. The number of thiophene rings is 1. The van der Waals surface area contributed by atoms with Gasteiger partial charge >= 0.3 is 0 Å². The third-order valence-corrected chi connectivity index (χ3v) is 6.51. The number of anilines is 3. The first-order valence-electron chi connectivity index (χ1n) is 10.1. The average molecular weight is 420 g/mol. The molecule has 3 aromatic rings. The van der Waals surface area contributed by atoms with E-state index in [0.717, 1.165) is 42.6 Å². The minimum atomic E-state index is -0.196. The highest BCUT2D eigenvalue weighted by molar-refractivity contribution is 7.17. The van der Waals surface area contributed by atoms with Crippen LogP contribution in [0.4, 0.5) is 16.4 Å². The Kier molecular flexibility index (Phi) is 5.86. The monoisotopic (exact) mass is 419 g/mol. The van der Waals surface area contributed by atoms with E-state index in [1.807, 2.05) is 61.5 Å². The molecule has 1 aromatic heterocycles. The van der Waals surface area contributed by atoms with Crippen LogP contribution >= 0.6 is 11.3 Å². The molecule has 0 radical (unpaired) electrons. The van der Waals surface area contributed by atoms with E-state index in [0.29, 0.717) is 16.1 Å². The molecule has 6 heteroatoms. The molecule has 2 N–H and O–H groups in total. The number of carbonyl (C=O) groups is 2. The molecule has 0 bridgehead atoms. The molecule has 154 valence electrons. The minimum absolute atomic E-state index is 0.171. The Hall–Kier alpha value is -3.12. The molecular formula is C24H25N3O2S. The second-order valence-corrected chi connectivity index (χ2v) is 8.74. The normalized spacial score (nSPS) is 12.7. The summed E-state index contributed by atoms with van der Waals surface area (Å²) < 4.78 is 0. The number of nitrogens with one attached hydrogen (secondary N) is 2. The predicted molar refractivity (Wildman–Crippen MR) is 124 cm³/mol. The summed E-state index contributed by atoms with van der Waals surface area (Å²) >= 11 is 1.53. The van der Waals surface area contributed by atoms with Gasteiger partial charge in [-0.25, -0.2) is 0 Å². The van der Waals surface area contributed by atoms with Crippen LogP contribution in [0.25, 0.3) is 0 Å². The van der Waals surface area contributed by atoms with Crippen LogP contribution in [0.2, 0.25) is 0 Å². The third-order valence-electron chi connectivity index (χ3n) is 5.30. The summed E-state index contributed by atoms with van der Waals surface area (Å²) in [6.07, 6.45) is 4.01. The quantitative estimate of drug-likeness (QED) is 0.598. The van der Waals surface area contributed by atoms with E-state index in [9.17, 15) is 9.59 Å². The number of benzene rings is 2. The van der Waals surface area contributed by atoms with Crippen LogP contribution in [0, 0.1) is 0 Å². The molecule has 30 heavy (non-hydrogen) atoms. The van der Waals surface area contributed by atoms with E-state index in [-0.39, 0.29) is 11.8 Å². The Balaban J connectivity index is 1.61. The van der Waals surface area contributed by atoms with Crippen molar-refractivity contribution in [2.45, 2.75) is 25.7 Å². The van der Waals surface area contributed by atoms with Crippen LogP contribution in [0.3, 0.4) is 0 Å². The van der Waals surface area contributed by atoms with Crippen molar-refractivity contribution in [2.24, 2.45) is 0 Å². The van der Waals surface area contributed by atoms with Crippen molar-refractivity contribution >= 4 is 39.5 Å². The Morgan fingerprint density at radius 3 is 2.27 bits per heavy atom. The lowest BCUT2D eigenvalue weighted by Gasteiger charge is -2.15. The van der Waals surface area contributed by atoms with E-state index < -0.39 is 0 Å². The van der Waals surface area contributed by atoms with Crippen LogP contribution < -0.4 is 15.5 Å². The lowest BCUT2D eigenvalue weighted by atomic mass is 9.95. The number of hydrogen-bond acceptors (Lipinski definition) is 4. The van der Waals surface area contributed by atoms with Gasteiger partial charge in [0.1, 0.15) is 5.00 Å². The molecule has 0 aliphatic heterocycles. The fourth-order valence-corrected chi connectivity index (χ4v) is 4.98. The van der Waals surface area contributed by atoms with Gasteiger partial charge in [-0.15, -0.1) is 11.3 Å². The highest BCUT2D eigenvalue weighted by Crippen LogP contribution is 2.38. The summed E-state index contributed by atoms with van der Waals surface area (Å²) in [5.41, 5.74) is 4.07. The molecule has 1 aliphatic rings. The first-order chi connectivity index (χ1) is 14.5. The summed E-state index contributed by atoms with van der Waals surface area (Å²) in [7, 11) is 3.96. The molecule has 4 rings (SSSR count). The lowest BCUT2D eigenvalue weighted by Crippen LogP contribution is -2.18. The fraction of sp³-hybridized carbons (Fsp3) is 0.250. The maximum atomic E-state index is 13.2. The van der Waals surface area contributed by atoms with Crippen molar-refractivity contribution in [1.82, 2.24) is 0 Å². The molecule has 0 saturated carbocycles. The van der Waals surface area contributed by atoms with Gasteiger partial charge in [0.15, 0.2) is 0 Å². The van der Waals surface area contributed by atoms with Gasteiger partial charge in [-0.3, -0.25) is 9.59 Å². The Labute approximate surface area is 180 Å². The van der Waals surface area contributed by atoms with Crippen molar-refractivity contribution < 1.29 is 9.59 Å². The molecular weight excluding hydrogens is 394 g/mol. The molecule has 0 atom stereocenters. The number of amides is 2. The fourth-order valence-electron chi connectivity index (χ4n) is 3.70. The summed E-state index contributed by atoms with van der Waals surface area (Å²) in [6, 6.07) is 16.8. The van der Waals surface area contributed by atoms with Crippen molar-refractivity contribution in [3.63, 3.8) is 0 Å². The van der Waals surface area contributed by atoms with Gasteiger partial charge in [-0.1, -0.05) is 18.2 Å². The second kappa shape index (κ2) is 8.71. The Morgan fingerprint density at radius 2 is 1.57 bits per heavy atom. The van der Waals surface area contributed by atoms with E-state index in [1.165, 1.54) is 16.2 Å². The van der Waals surface area contributed by atoms with Gasteiger partial charge in [-0.05, 0) is 67.6 Å². The number of rotatable bonds is 5. The number of aryl methyl sites for hydroxylation is 1.